The first-order valence-corrected chi connectivity index (χ1v) is 8.16. The number of likely N-dealkylation sites (N-methyl/N-ethyl adjacent to an activating group) is 1. The number of carbonyl (C=O) groups excluding carboxylic acids is 2. The summed E-state index contributed by atoms with van der Waals surface area (Å²) < 4.78 is 5.17. The summed E-state index contributed by atoms with van der Waals surface area (Å²) in [6.45, 7) is 4.26. The number of benzene rings is 2. The zero-order valence-electron chi connectivity index (χ0n) is 15.1. The van der Waals surface area contributed by atoms with Crippen molar-refractivity contribution < 1.29 is 14.3 Å². The smallest absolute Gasteiger partial charge is 0.340 e. The van der Waals surface area contributed by atoms with E-state index in [0.29, 0.717) is 17.8 Å². The molecule has 0 fully saturated rings. The second kappa shape index (κ2) is 8.33. The third kappa shape index (κ3) is 4.83. The Morgan fingerprint density at radius 2 is 1.84 bits per heavy atom. The number of nitrogens with zero attached hydrogens (tertiary/aromatic N) is 1. The summed E-state index contributed by atoms with van der Waals surface area (Å²) in [4.78, 5) is 26.0. The van der Waals surface area contributed by atoms with Crippen LogP contribution in [-0.4, -0.2) is 37.5 Å². The lowest BCUT2D eigenvalue weighted by atomic mass is 10.1. The Morgan fingerprint density at radius 1 is 1.12 bits per heavy atom. The average molecular weight is 340 g/mol. The molecular weight excluding hydrogens is 316 g/mol. The molecule has 0 bridgehead atoms. The predicted octanol–water partition coefficient (Wildman–Crippen LogP) is 3.16. The minimum absolute atomic E-state index is 0.240. The second-order valence-electron chi connectivity index (χ2n) is 6.05. The molecule has 1 amide bonds. The standard InChI is InChI=1S/C20H24N2O3/c1-14-9-10-16(15(2)11-14)12-22(4)19(23)13-25-20(24)17-7-5-6-8-18(17)21-3/h5-11,21H,12-13H2,1-4H3. The van der Waals surface area contributed by atoms with Crippen molar-refractivity contribution in [2.75, 3.05) is 26.0 Å². The number of hydrogen-bond acceptors (Lipinski definition) is 4. The molecule has 0 radical (unpaired) electrons. The molecule has 0 heterocycles. The Bertz CT molecular complexity index is 771. The number of rotatable bonds is 6. The molecule has 0 spiro atoms. The topological polar surface area (TPSA) is 58.6 Å². The summed E-state index contributed by atoms with van der Waals surface area (Å²) in [5.74, 6) is -0.756. The van der Waals surface area contributed by atoms with Crippen LogP contribution in [0.5, 0.6) is 0 Å². The van der Waals surface area contributed by atoms with E-state index in [9.17, 15) is 9.59 Å². The monoisotopic (exact) mass is 340 g/mol. The molecule has 1 N–H and O–H groups in total. The van der Waals surface area contributed by atoms with E-state index in [2.05, 4.69) is 11.4 Å². The van der Waals surface area contributed by atoms with E-state index in [1.165, 1.54) is 5.56 Å². The van der Waals surface area contributed by atoms with Crippen LogP contribution in [0.15, 0.2) is 42.5 Å². The number of aryl methyl sites for hydroxylation is 2. The molecule has 132 valence electrons. The van der Waals surface area contributed by atoms with Crippen LogP contribution in [0.4, 0.5) is 5.69 Å². The van der Waals surface area contributed by atoms with Crippen molar-refractivity contribution in [1.82, 2.24) is 4.90 Å². The van der Waals surface area contributed by atoms with Gasteiger partial charge in [0.2, 0.25) is 0 Å². The Labute approximate surface area is 148 Å². The molecule has 0 saturated carbocycles. The number of carbonyl (C=O) groups is 2. The van der Waals surface area contributed by atoms with Gasteiger partial charge in [0.25, 0.3) is 5.91 Å². The van der Waals surface area contributed by atoms with Crippen molar-refractivity contribution in [2.45, 2.75) is 20.4 Å². The second-order valence-corrected chi connectivity index (χ2v) is 6.05. The molecule has 0 aliphatic rings. The quantitative estimate of drug-likeness (QED) is 0.821. The molecule has 5 heteroatoms. The number of amides is 1. The fourth-order valence-corrected chi connectivity index (χ4v) is 2.56. The summed E-state index contributed by atoms with van der Waals surface area (Å²) in [7, 11) is 3.44. The van der Waals surface area contributed by atoms with E-state index in [1.807, 2.05) is 32.0 Å². The van der Waals surface area contributed by atoms with Crippen molar-refractivity contribution in [1.29, 1.82) is 0 Å². The van der Waals surface area contributed by atoms with Crippen LogP contribution < -0.4 is 5.32 Å². The Balaban J connectivity index is 1.94. The van der Waals surface area contributed by atoms with Gasteiger partial charge in [-0.25, -0.2) is 4.79 Å². The van der Waals surface area contributed by atoms with E-state index in [1.54, 1.807) is 37.2 Å². The molecule has 0 saturated heterocycles. The molecule has 5 nitrogen and oxygen atoms in total. The highest BCUT2D eigenvalue weighted by molar-refractivity contribution is 5.96. The van der Waals surface area contributed by atoms with E-state index >= 15 is 0 Å². The number of para-hydroxylation sites is 1. The maximum absolute atomic E-state index is 12.2. The molecule has 25 heavy (non-hydrogen) atoms. The first-order valence-electron chi connectivity index (χ1n) is 8.16. The minimum atomic E-state index is -0.516. The highest BCUT2D eigenvalue weighted by Gasteiger charge is 2.16. The minimum Gasteiger partial charge on any atom is -0.452 e. The van der Waals surface area contributed by atoms with Crippen molar-refractivity contribution in [2.24, 2.45) is 0 Å². The molecule has 0 aliphatic heterocycles. The molecular formula is C20H24N2O3. The number of esters is 1. The molecule has 2 aromatic carbocycles. The van der Waals surface area contributed by atoms with Gasteiger partial charge in [-0.15, -0.1) is 0 Å². The van der Waals surface area contributed by atoms with Crippen LogP contribution in [0.1, 0.15) is 27.0 Å². The fourth-order valence-electron chi connectivity index (χ4n) is 2.56. The van der Waals surface area contributed by atoms with Crippen LogP contribution in [0.25, 0.3) is 0 Å². The first-order chi connectivity index (χ1) is 11.9. The number of ether oxygens (including phenoxy) is 1. The molecule has 0 aromatic heterocycles. The Morgan fingerprint density at radius 3 is 2.52 bits per heavy atom. The highest BCUT2D eigenvalue weighted by Crippen LogP contribution is 2.16. The third-order valence-corrected chi connectivity index (χ3v) is 4.07. The highest BCUT2D eigenvalue weighted by atomic mass is 16.5. The van der Waals surface area contributed by atoms with Crippen LogP contribution in [0.3, 0.4) is 0 Å². The Hall–Kier alpha value is -2.82. The summed E-state index contributed by atoms with van der Waals surface area (Å²) in [5.41, 5.74) is 4.48. The maximum atomic E-state index is 12.2. The molecule has 2 aromatic rings. The van der Waals surface area contributed by atoms with Crippen molar-refractivity contribution in [3.05, 3.63) is 64.7 Å². The average Bonchev–Trinajstić information content (AvgIpc) is 2.61. The van der Waals surface area contributed by atoms with Gasteiger partial charge in [0.1, 0.15) is 0 Å². The summed E-state index contributed by atoms with van der Waals surface area (Å²) >= 11 is 0. The van der Waals surface area contributed by atoms with Gasteiger partial charge in [0, 0.05) is 26.3 Å². The molecule has 2 rings (SSSR count). The van der Waals surface area contributed by atoms with E-state index < -0.39 is 5.97 Å². The van der Waals surface area contributed by atoms with Gasteiger partial charge in [-0.2, -0.15) is 0 Å². The SMILES string of the molecule is CNc1ccccc1C(=O)OCC(=O)N(C)Cc1ccc(C)cc1C. The first kappa shape index (κ1) is 18.5. The summed E-state index contributed by atoms with van der Waals surface area (Å²) in [6.07, 6.45) is 0. The maximum Gasteiger partial charge on any atom is 0.340 e. The zero-order valence-corrected chi connectivity index (χ0v) is 15.1. The van der Waals surface area contributed by atoms with Gasteiger partial charge < -0.3 is 15.0 Å². The lowest BCUT2D eigenvalue weighted by Gasteiger charge is -2.19. The lowest BCUT2D eigenvalue weighted by Crippen LogP contribution is -2.31. The largest absolute Gasteiger partial charge is 0.452 e. The number of nitrogens with one attached hydrogen (secondary N) is 1. The third-order valence-electron chi connectivity index (χ3n) is 4.07. The van der Waals surface area contributed by atoms with Gasteiger partial charge in [0.05, 0.1) is 5.56 Å². The normalized spacial score (nSPS) is 10.2. The van der Waals surface area contributed by atoms with Crippen molar-refractivity contribution >= 4 is 17.6 Å². The zero-order chi connectivity index (χ0) is 18.4. The molecule has 0 atom stereocenters. The van der Waals surface area contributed by atoms with Gasteiger partial charge in [-0.05, 0) is 37.1 Å². The van der Waals surface area contributed by atoms with Crippen LogP contribution in [-0.2, 0) is 16.1 Å². The fraction of sp³-hybridized carbons (Fsp3) is 0.300. The van der Waals surface area contributed by atoms with E-state index in [-0.39, 0.29) is 12.5 Å². The number of hydrogen-bond donors (Lipinski definition) is 1. The van der Waals surface area contributed by atoms with Gasteiger partial charge in [-0.3, -0.25) is 4.79 Å². The summed E-state index contributed by atoms with van der Waals surface area (Å²) in [5, 5.41) is 2.93. The van der Waals surface area contributed by atoms with Crippen LogP contribution >= 0.6 is 0 Å². The van der Waals surface area contributed by atoms with Crippen LogP contribution in [0.2, 0.25) is 0 Å². The van der Waals surface area contributed by atoms with Crippen molar-refractivity contribution in [3.8, 4) is 0 Å². The number of anilines is 1. The van der Waals surface area contributed by atoms with Gasteiger partial charge >= 0.3 is 5.97 Å². The van der Waals surface area contributed by atoms with Gasteiger partial charge in [-0.1, -0.05) is 35.9 Å². The Kier molecular flexibility index (Phi) is 6.17. The van der Waals surface area contributed by atoms with E-state index in [0.717, 1.165) is 11.1 Å². The summed E-state index contributed by atoms with van der Waals surface area (Å²) in [6, 6.07) is 13.2. The lowest BCUT2D eigenvalue weighted by molar-refractivity contribution is -0.133. The van der Waals surface area contributed by atoms with Crippen molar-refractivity contribution in [3.63, 3.8) is 0 Å². The molecule has 0 aliphatic carbocycles. The predicted molar refractivity (Wildman–Crippen MR) is 98.7 cm³/mol. The van der Waals surface area contributed by atoms with Gasteiger partial charge in [0.15, 0.2) is 6.61 Å². The van der Waals surface area contributed by atoms with Crippen LogP contribution in [0, 0.1) is 13.8 Å². The molecule has 0 unspecified atom stereocenters. The van der Waals surface area contributed by atoms with E-state index in [4.69, 9.17) is 4.74 Å².